The summed E-state index contributed by atoms with van der Waals surface area (Å²) < 4.78 is 0. The summed E-state index contributed by atoms with van der Waals surface area (Å²) in [5.41, 5.74) is 6.65. The Morgan fingerprint density at radius 2 is 2.11 bits per heavy atom. The molecule has 0 spiro atoms. The summed E-state index contributed by atoms with van der Waals surface area (Å²) in [6, 6.07) is 4.97. The van der Waals surface area contributed by atoms with Crippen molar-refractivity contribution in [3.05, 3.63) is 28.8 Å². The van der Waals surface area contributed by atoms with E-state index in [9.17, 15) is 4.79 Å². The topological polar surface area (TPSA) is 58.4 Å². The number of carbonyl (C=O) groups is 1. The number of hydrogen-bond acceptors (Lipinski definition) is 3. The molecule has 100 valence electrons. The van der Waals surface area contributed by atoms with Crippen molar-refractivity contribution < 1.29 is 4.79 Å². The zero-order chi connectivity index (χ0) is 13.7. The van der Waals surface area contributed by atoms with E-state index in [1.807, 2.05) is 21.0 Å². The van der Waals surface area contributed by atoms with Crippen LogP contribution in [0.5, 0.6) is 0 Å². The number of hydrogen-bond donors (Lipinski definition) is 2. The molecule has 0 aliphatic heterocycles. The Morgan fingerprint density at radius 1 is 1.44 bits per heavy atom. The maximum Gasteiger partial charge on any atom is 0.251 e. The predicted molar refractivity (Wildman–Crippen MR) is 76.0 cm³/mol. The van der Waals surface area contributed by atoms with Crippen molar-refractivity contribution in [1.29, 1.82) is 0 Å². The lowest BCUT2D eigenvalue weighted by atomic mass is 10.1. The number of nitrogens with two attached hydrogens (primary N) is 1. The standard InChI is InChI=1S/C13H20ClN3O/c1-9(4-5-17(2)3)16-13(18)10-6-11(14)8-12(15)7-10/h6-9H,4-5,15H2,1-3H3,(H,16,18). The third-order valence-corrected chi connectivity index (χ3v) is 2.79. The van der Waals surface area contributed by atoms with Crippen LogP contribution in [0.4, 0.5) is 5.69 Å². The fourth-order valence-corrected chi connectivity index (χ4v) is 1.82. The molecule has 3 N–H and O–H groups in total. The summed E-state index contributed by atoms with van der Waals surface area (Å²) in [5, 5.41) is 3.40. The summed E-state index contributed by atoms with van der Waals surface area (Å²) in [6.07, 6.45) is 0.898. The highest BCUT2D eigenvalue weighted by Gasteiger charge is 2.11. The molecule has 18 heavy (non-hydrogen) atoms. The van der Waals surface area contributed by atoms with Crippen LogP contribution in [0.1, 0.15) is 23.7 Å². The van der Waals surface area contributed by atoms with Gasteiger partial charge >= 0.3 is 0 Å². The second-order valence-electron chi connectivity index (χ2n) is 4.74. The molecule has 1 aromatic carbocycles. The molecule has 1 unspecified atom stereocenters. The lowest BCUT2D eigenvalue weighted by molar-refractivity contribution is 0.0937. The molecule has 0 fully saturated rings. The fraction of sp³-hybridized carbons (Fsp3) is 0.462. The second-order valence-corrected chi connectivity index (χ2v) is 5.18. The highest BCUT2D eigenvalue weighted by atomic mass is 35.5. The van der Waals surface area contributed by atoms with Gasteiger partial charge in [-0.3, -0.25) is 4.79 Å². The first-order chi connectivity index (χ1) is 8.38. The fourth-order valence-electron chi connectivity index (χ4n) is 1.57. The summed E-state index contributed by atoms with van der Waals surface area (Å²) >= 11 is 5.87. The van der Waals surface area contributed by atoms with Gasteiger partial charge in [0.2, 0.25) is 0 Å². The van der Waals surface area contributed by atoms with Gasteiger partial charge in [0.1, 0.15) is 0 Å². The van der Waals surface area contributed by atoms with E-state index in [1.54, 1.807) is 18.2 Å². The minimum Gasteiger partial charge on any atom is -0.399 e. The SMILES string of the molecule is CC(CCN(C)C)NC(=O)c1cc(N)cc(Cl)c1. The molecule has 1 amide bonds. The lowest BCUT2D eigenvalue weighted by Gasteiger charge is -2.17. The van der Waals surface area contributed by atoms with Crippen molar-refractivity contribution in [2.45, 2.75) is 19.4 Å². The number of amides is 1. The Kier molecular flexibility index (Phi) is 5.44. The Labute approximate surface area is 113 Å². The highest BCUT2D eigenvalue weighted by molar-refractivity contribution is 6.31. The smallest absolute Gasteiger partial charge is 0.251 e. The zero-order valence-corrected chi connectivity index (χ0v) is 11.8. The Balaban J connectivity index is 2.59. The second kappa shape index (κ2) is 6.61. The van der Waals surface area contributed by atoms with Crippen molar-refractivity contribution in [2.75, 3.05) is 26.4 Å². The first kappa shape index (κ1) is 14.8. The quantitative estimate of drug-likeness (QED) is 0.804. The van der Waals surface area contributed by atoms with Gasteiger partial charge in [-0.2, -0.15) is 0 Å². The molecule has 0 heterocycles. The van der Waals surface area contributed by atoms with E-state index < -0.39 is 0 Å². The van der Waals surface area contributed by atoms with Crippen LogP contribution in [0.15, 0.2) is 18.2 Å². The van der Waals surface area contributed by atoms with Crippen molar-refractivity contribution in [3.8, 4) is 0 Å². The summed E-state index contributed by atoms with van der Waals surface area (Å²) in [4.78, 5) is 14.0. The number of nitrogen functional groups attached to an aromatic ring is 1. The van der Waals surface area contributed by atoms with E-state index in [4.69, 9.17) is 17.3 Å². The molecule has 0 bridgehead atoms. The summed E-state index contributed by atoms with van der Waals surface area (Å²) in [7, 11) is 4.01. The minimum absolute atomic E-state index is 0.111. The van der Waals surface area contributed by atoms with Crippen LogP contribution < -0.4 is 11.1 Å². The molecule has 4 nitrogen and oxygen atoms in total. The van der Waals surface area contributed by atoms with Gasteiger partial charge in [0.25, 0.3) is 5.91 Å². The van der Waals surface area contributed by atoms with Crippen LogP contribution in [0.25, 0.3) is 0 Å². The molecule has 5 heteroatoms. The van der Waals surface area contributed by atoms with Gasteiger partial charge in [-0.1, -0.05) is 11.6 Å². The van der Waals surface area contributed by atoms with E-state index in [2.05, 4.69) is 10.2 Å². The van der Waals surface area contributed by atoms with Gasteiger partial charge < -0.3 is 16.0 Å². The maximum absolute atomic E-state index is 12.0. The monoisotopic (exact) mass is 269 g/mol. The van der Waals surface area contributed by atoms with Crippen molar-refractivity contribution >= 4 is 23.2 Å². The molecule has 0 saturated heterocycles. The van der Waals surface area contributed by atoms with E-state index >= 15 is 0 Å². The average molecular weight is 270 g/mol. The highest BCUT2D eigenvalue weighted by Crippen LogP contribution is 2.16. The molecule has 1 aromatic rings. The van der Waals surface area contributed by atoms with Gasteiger partial charge in [-0.15, -0.1) is 0 Å². The Morgan fingerprint density at radius 3 is 2.67 bits per heavy atom. The first-order valence-corrected chi connectivity index (χ1v) is 6.28. The average Bonchev–Trinajstić information content (AvgIpc) is 2.25. The van der Waals surface area contributed by atoms with Gasteiger partial charge in [0.05, 0.1) is 0 Å². The van der Waals surface area contributed by atoms with Crippen LogP contribution >= 0.6 is 11.6 Å². The number of rotatable bonds is 5. The number of nitrogens with one attached hydrogen (secondary N) is 1. The molecule has 1 atom stereocenters. The van der Waals surface area contributed by atoms with Gasteiger partial charge in [-0.25, -0.2) is 0 Å². The third kappa shape index (κ3) is 4.94. The predicted octanol–water partition coefficient (Wildman–Crippen LogP) is 1.99. The number of anilines is 1. The number of halogens is 1. The molecule has 0 aliphatic carbocycles. The van der Waals surface area contributed by atoms with Crippen LogP contribution in [-0.4, -0.2) is 37.5 Å². The van der Waals surface area contributed by atoms with Crippen LogP contribution in [0, 0.1) is 0 Å². The van der Waals surface area contributed by atoms with E-state index in [-0.39, 0.29) is 11.9 Å². The molecule has 0 aromatic heterocycles. The van der Waals surface area contributed by atoms with Gasteiger partial charge in [0.15, 0.2) is 0 Å². The van der Waals surface area contributed by atoms with Crippen molar-refractivity contribution in [3.63, 3.8) is 0 Å². The normalized spacial score (nSPS) is 12.5. The first-order valence-electron chi connectivity index (χ1n) is 5.90. The molecular weight excluding hydrogens is 250 g/mol. The summed E-state index contributed by atoms with van der Waals surface area (Å²) in [6.45, 7) is 2.91. The van der Waals surface area contributed by atoms with E-state index in [0.29, 0.717) is 16.3 Å². The number of carbonyl (C=O) groups excluding carboxylic acids is 1. The minimum atomic E-state index is -0.143. The molecular formula is C13H20ClN3O. The molecule has 1 rings (SSSR count). The third-order valence-electron chi connectivity index (χ3n) is 2.57. The molecule has 0 aliphatic rings. The Hall–Kier alpha value is -1.26. The van der Waals surface area contributed by atoms with Gasteiger partial charge in [-0.05, 0) is 52.2 Å². The molecule has 0 radical (unpaired) electrons. The Bertz CT molecular complexity index is 400. The number of nitrogens with zero attached hydrogens (tertiary/aromatic N) is 1. The van der Waals surface area contributed by atoms with Gasteiger partial charge in [0, 0.05) is 22.3 Å². The van der Waals surface area contributed by atoms with Crippen LogP contribution in [-0.2, 0) is 0 Å². The maximum atomic E-state index is 12.0. The van der Waals surface area contributed by atoms with Crippen molar-refractivity contribution in [1.82, 2.24) is 10.2 Å². The van der Waals surface area contributed by atoms with E-state index in [1.165, 1.54) is 0 Å². The zero-order valence-electron chi connectivity index (χ0n) is 11.0. The largest absolute Gasteiger partial charge is 0.399 e. The number of benzene rings is 1. The van der Waals surface area contributed by atoms with Crippen LogP contribution in [0.2, 0.25) is 5.02 Å². The summed E-state index contributed by atoms with van der Waals surface area (Å²) in [5.74, 6) is -0.143. The van der Waals surface area contributed by atoms with Crippen molar-refractivity contribution in [2.24, 2.45) is 0 Å². The molecule has 0 saturated carbocycles. The van der Waals surface area contributed by atoms with E-state index in [0.717, 1.165) is 13.0 Å². The lowest BCUT2D eigenvalue weighted by Crippen LogP contribution is -2.34. The van der Waals surface area contributed by atoms with Crippen LogP contribution in [0.3, 0.4) is 0 Å².